The predicted molar refractivity (Wildman–Crippen MR) is 80.7 cm³/mol. The maximum atomic E-state index is 12.8. The average Bonchev–Trinajstić information content (AvgIpc) is 2.46. The largest absolute Gasteiger partial charge is 0.462 e. The standard InChI is InChI=1S/C14H18F3NO2.C2H6/c1-4-20-13(19)11-5-10(8-18-9(2)3)6-12(7-11)14(15,16)17;1-2/h5-7,9,18H,4,8H2,1-3H3;1-2H3. The van der Waals surface area contributed by atoms with Crippen molar-refractivity contribution in [3.05, 3.63) is 34.9 Å². The maximum absolute atomic E-state index is 12.8. The molecule has 1 aromatic rings. The van der Waals surface area contributed by atoms with Gasteiger partial charge in [0.1, 0.15) is 0 Å². The van der Waals surface area contributed by atoms with Crippen LogP contribution in [0.1, 0.15) is 56.1 Å². The van der Waals surface area contributed by atoms with E-state index in [1.54, 1.807) is 6.92 Å². The van der Waals surface area contributed by atoms with Crippen molar-refractivity contribution in [3.8, 4) is 0 Å². The summed E-state index contributed by atoms with van der Waals surface area (Å²) >= 11 is 0. The molecule has 3 nitrogen and oxygen atoms in total. The first-order valence-electron chi connectivity index (χ1n) is 7.35. The molecule has 0 bridgehead atoms. The summed E-state index contributed by atoms with van der Waals surface area (Å²) in [4.78, 5) is 11.6. The molecule has 0 saturated heterocycles. The zero-order valence-electron chi connectivity index (χ0n) is 13.7. The Morgan fingerprint density at radius 3 is 2.27 bits per heavy atom. The van der Waals surface area contributed by atoms with Gasteiger partial charge in [-0.05, 0) is 30.7 Å². The maximum Gasteiger partial charge on any atom is 0.416 e. The number of hydrogen-bond donors (Lipinski definition) is 1. The van der Waals surface area contributed by atoms with Crippen LogP contribution in [-0.2, 0) is 17.5 Å². The average molecular weight is 319 g/mol. The molecule has 22 heavy (non-hydrogen) atoms. The Bertz CT molecular complexity index is 471. The number of hydrogen-bond acceptors (Lipinski definition) is 3. The lowest BCUT2D eigenvalue weighted by Crippen LogP contribution is -2.22. The summed E-state index contributed by atoms with van der Waals surface area (Å²) in [7, 11) is 0. The number of ether oxygens (including phenoxy) is 1. The van der Waals surface area contributed by atoms with E-state index in [1.807, 2.05) is 27.7 Å². The van der Waals surface area contributed by atoms with E-state index in [1.165, 1.54) is 6.07 Å². The number of halogens is 3. The van der Waals surface area contributed by atoms with Crippen molar-refractivity contribution in [2.75, 3.05) is 6.61 Å². The first kappa shape index (κ1) is 20.4. The molecule has 0 fully saturated rings. The van der Waals surface area contributed by atoms with Gasteiger partial charge in [0.15, 0.2) is 0 Å². The zero-order valence-corrected chi connectivity index (χ0v) is 13.7. The Kier molecular flexibility index (Phi) is 8.79. The number of carbonyl (C=O) groups excluding carboxylic acids is 1. The van der Waals surface area contributed by atoms with E-state index >= 15 is 0 Å². The second-order valence-corrected chi connectivity index (χ2v) is 4.67. The lowest BCUT2D eigenvalue weighted by Gasteiger charge is -2.13. The van der Waals surface area contributed by atoms with Gasteiger partial charge >= 0.3 is 12.1 Å². The van der Waals surface area contributed by atoms with Crippen molar-refractivity contribution in [1.82, 2.24) is 5.32 Å². The lowest BCUT2D eigenvalue weighted by molar-refractivity contribution is -0.137. The summed E-state index contributed by atoms with van der Waals surface area (Å²) in [6, 6.07) is 3.41. The number of benzene rings is 1. The molecule has 6 heteroatoms. The Morgan fingerprint density at radius 2 is 1.82 bits per heavy atom. The van der Waals surface area contributed by atoms with Crippen LogP contribution in [0.3, 0.4) is 0 Å². The van der Waals surface area contributed by atoms with Gasteiger partial charge in [0, 0.05) is 12.6 Å². The van der Waals surface area contributed by atoms with Crippen molar-refractivity contribution < 1.29 is 22.7 Å². The van der Waals surface area contributed by atoms with Crippen molar-refractivity contribution in [2.24, 2.45) is 0 Å². The highest BCUT2D eigenvalue weighted by molar-refractivity contribution is 5.89. The van der Waals surface area contributed by atoms with E-state index in [0.717, 1.165) is 12.1 Å². The van der Waals surface area contributed by atoms with E-state index < -0.39 is 17.7 Å². The minimum Gasteiger partial charge on any atom is -0.462 e. The first-order valence-corrected chi connectivity index (χ1v) is 7.35. The van der Waals surface area contributed by atoms with Gasteiger partial charge in [-0.15, -0.1) is 0 Å². The lowest BCUT2D eigenvalue weighted by atomic mass is 10.0. The van der Waals surface area contributed by atoms with E-state index in [9.17, 15) is 18.0 Å². The van der Waals surface area contributed by atoms with Gasteiger partial charge in [-0.25, -0.2) is 4.79 Å². The summed E-state index contributed by atoms with van der Waals surface area (Å²) in [5.41, 5.74) is -0.526. The third-order valence-electron chi connectivity index (χ3n) is 2.55. The van der Waals surface area contributed by atoms with Crippen LogP contribution >= 0.6 is 0 Å². The fraction of sp³-hybridized carbons (Fsp3) is 0.562. The van der Waals surface area contributed by atoms with Crippen LogP contribution in [0.25, 0.3) is 0 Å². The molecule has 0 spiro atoms. The molecule has 1 aromatic carbocycles. The summed E-state index contributed by atoms with van der Waals surface area (Å²) in [6.45, 7) is 9.76. The molecule has 1 rings (SSSR count). The Labute approximate surface area is 129 Å². The number of carbonyl (C=O) groups is 1. The number of alkyl halides is 3. The molecule has 0 atom stereocenters. The summed E-state index contributed by atoms with van der Waals surface area (Å²) in [5.74, 6) is -0.746. The monoisotopic (exact) mass is 319 g/mol. The molecule has 0 aliphatic heterocycles. The van der Waals surface area contributed by atoms with Gasteiger partial charge < -0.3 is 10.1 Å². The van der Waals surface area contributed by atoms with E-state index in [-0.39, 0.29) is 24.8 Å². The second-order valence-electron chi connectivity index (χ2n) is 4.67. The highest BCUT2D eigenvalue weighted by atomic mass is 19.4. The second kappa shape index (κ2) is 9.46. The first-order chi connectivity index (χ1) is 10.2. The molecule has 0 heterocycles. The predicted octanol–water partition coefficient (Wildman–Crippen LogP) is 4.41. The van der Waals surface area contributed by atoms with Crippen LogP contribution in [0, 0.1) is 0 Å². The van der Waals surface area contributed by atoms with Crippen molar-refractivity contribution in [1.29, 1.82) is 0 Å². The van der Waals surface area contributed by atoms with E-state index in [0.29, 0.717) is 5.56 Å². The summed E-state index contributed by atoms with van der Waals surface area (Å²) in [5, 5.41) is 3.02. The van der Waals surface area contributed by atoms with Crippen LogP contribution in [0.15, 0.2) is 18.2 Å². The molecule has 0 amide bonds. The number of nitrogens with one attached hydrogen (secondary N) is 1. The van der Waals surface area contributed by atoms with Crippen molar-refractivity contribution in [2.45, 2.75) is 53.4 Å². The third-order valence-corrected chi connectivity index (χ3v) is 2.55. The third kappa shape index (κ3) is 6.93. The summed E-state index contributed by atoms with van der Waals surface area (Å²) < 4.78 is 43.2. The highest BCUT2D eigenvalue weighted by Crippen LogP contribution is 2.31. The molecule has 126 valence electrons. The van der Waals surface area contributed by atoms with Crippen molar-refractivity contribution in [3.63, 3.8) is 0 Å². The number of esters is 1. The Morgan fingerprint density at radius 1 is 1.23 bits per heavy atom. The summed E-state index contributed by atoms with van der Waals surface area (Å²) in [6.07, 6.45) is -4.49. The van der Waals surface area contributed by atoms with Crippen LogP contribution in [0.5, 0.6) is 0 Å². The van der Waals surface area contributed by atoms with Gasteiger partial charge in [0.05, 0.1) is 17.7 Å². The van der Waals surface area contributed by atoms with Gasteiger partial charge in [-0.2, -0.15) is 13.2 Å². The molecular weight excluding hydrogens is 295 g/mol. The van der Waals surface area contributed by atoms with Gasteiger partial charge in [-0.1, -0.05) is 27.7 Å². The van der Waals surface area contributed by atoms with Crippen LogP contribution < -0.4 is 5.32 Å². The molecule has 1 N–H and O–H groups in total. The minimum absolute atomic E-state index is 0.0813. The Hall–Kier alpha value is -1.56. The van der Waals surface area contributed by atoms with E-state index in [4.69, 9.17) is 4.74 Å². The number of rotatable bonds is 5. The smallest absolute Gasteiger partial charge is 0.416 e. The Balaban J connectivity index is 0.00000211. The molecule has 0 aliphatic carbocycles. The normalized spacial score (nSPS) is 11.0. The minimum atomic E-state index is -4.49. The topological polar surface area (TPSA) is 38.3 Å². The van der Waals surface area contributed by atoms with E-state index in [2.05, 4.69) is 5.32 Å². The SMILES string of the molecule is CC.CCOC(=O)c1cc(CNC(C)C)cc(C(F)(F)F)c1. The molecule has 0 aromatic heterocycles. The van der Waals surface area contributed by atoms with Crippen LogP contribution in [0.4, 0.5) is 13.2 Å². The zero-order chi connectivity index (χ0) is 17.3. The molecule has 0 unspecified atom stereocenters. The highest BCUT2D eigenvalue weighted by Gasteiger charge is 2.31. The van der Waals surface area contributed by atoms with Crippen LogP contribution in [0.2, 0.25) is 0 Å². The molecular formula is C16H24F3NO2. The van der Waals surface area contributed by atoms with Crippen LogP contribution in [-0.4, -0.2) is 18.6 Å². The van der Waals surface area contributed by atoms with Gasteiger partial charge in [0.25, 0.3) is 0 Å². The molecule has 0 radical (unpaired) electrons. The fourth-order valence-electron chi connectivity index (χ4n) is 1.61. The molecule has 0 aliphatic rings. The quantitative estimate of drug-likeness (QED) is 0.817. The van der Waals surface area contributed by atoms with Gasteiger partial charge in [-0.3, -0.25) is 0 Å². The van der Waals surface area contributed by atoms with Crippen molar-refractivity contribution >= 4 is 5.97 Å². The fourth-order valence-corrected chi connectivity index (χ4v) is 1.61. The van der Waals surface area contributed by atoms with Gasteiger partial charge in [0.2, 0.25) is 0 Å². The molecule has 0 saturated carbocycles.